The largest absolute Gasteiger partial charge is 0.488 e. The van der Waals surface area contributed by atoms with E-state index in [1.54, 1.807) is 18.2 Å². The van der Waals surface area contributed by atoms with Crippen molar-refractivity contribution < 1.29 is 14.3 Å². The monoisotopic (exact) mass is 388 g/mol. The summed E-state index contributed by atoms with van der Waals surface area (Å²) in [5.74, 6) is 0.490. The Kier molecular flexibility index (Phi) is 4.16. The predicted octanol–water partition coefficient (Wildman–Crippen LogP) is 1.12. The molecule has 1 atom stereocenters. The molecule has 1 N–H and O–H groups in total. The van der Waals surface area contributed by atoms with Crippen molar-refractivity contribution in [3.05, 3.63) is 58.9 Å². The van der Waals surface area contributed by atoms with E-state index in [1.165, 1.54) is 0 Å². The number of aromatic amines is 1. The van der Waals surface area contributed by atoms with Crippen molar-refractivity contribution in [2.75, 3.05) is 13.1 Å². The van der Waals surface area contributed by atoms with Gasteiger partial charge in [0.25, 0.3) is 5.91 Å². The molecule has 2 aliphatic rings. The average molecular weight is 388 g/mol. The number of rotatable bonds is 4. The maximum Gasteiger partial charge on any atom is 0.274 e. The Morgan fingerprint density at radius 1 is 1.31 bits per heavy atom. The van der Waals surface area contributed by atoms with Crippen LogP contribution in [0.2, 0.25) is 0 Å². The van der Waals surface area contributed by atoms with Gasteiger partial charge in [-0.1, -0.05) is 12.1 Å². The summed E-state index contributed by atoms with van der Waals surface area (Å²) in [5, 5.41) is 1.41. The van der Waals surface area contributed by atoms with E-state index in [0.29, 0.717) is 36.2 Å². The third-order valence-corrected chi connectivity index (χ3v) is 5.54. The molecule has 5 rings (SSSR count). The minimum atomic E-state index is -0.224. The second kappa shape index (κ2) is 6.84. The zero-order valence-electron chi connectivity index (χ0n) is 16.0. The molecule has 29 heavy (non-hydrogen) atoms. The minimum absolute atomic E-state index is 0.0565. The van der Waals surface area contributed by atoms with Gasteiger partial charge in [-0.2, -0.15) is 0 Å². The van der Waals surface area contributed by atoms with Crippen molar-refractivity contribution >= 4 is 28.4 Å². The number of carbonyl (C=O) groups excluding carboxylic acids is 2. The van der Waals surface area contributed by atoms with Gasteiger partial charge >= 0.3 is 0 Å². The number of hydrogen-bond acceptors (Lipinski definition) is 4. The standard InChI is InChI=1S/C22H20N4O3/c1-13(27)26-8-7-15(11-26)29-20-4-2-3-18-21(20)16(22(28)25-18)9-14-5-6-17-19(10-14)24-12-23-17/h2-6,10,12,15H,7-9,11H2,1H3,(H,23,24)/t15-/m1/s1. The Bertz CT molecular complexity index is 1260. The van der Waals surface area contributed by atoms with Crippen LogP contribution in [0.15, 0.2) is 47.7 Å². The SMILES string of the molecule is CC(=O)N1CC[C@@H](Oc2cccc3c2=C(Cc2ccc4nc[nH]c4c2)C(=O)N=3)C1. The number of nitrogens with zero attached hydrogens (tertiary/aromatic N) is 3. The molecule has 0 saturated carbocycles. The topological polar surface area (TPSA) is 87.7 Å². The highest BCUT2D eigenvalue weighted by atomic mass is 16.5. The molecule has 1 fully saturated rings. The first-order valence-corrected chi connectivity index (χ1v) is 9.68. The van der Waals surface area contributed by atoms with Crippen LogP contribution >= 0.6 is 0 Å². The molecule has 7 heteroatoms. The van der Waals surface area contributed by atoms with Crippen molar-refractivity contribution in [2.24, 2.45) is 4.99 Å². The third kappa shape index (κ3) is 3.18. The Morgan fingerprint density at radius 3 is 3.03 bits per heavy atom. The lowest BCUT2D eigenvalue weighted by Gasteiger charge is -2.16. The molecular weight excluding hydrogens is 368 g/mol. The zero-order chi connectivity index (χ0) is 20.0. The quantitative estimate of drug-likeness (QED) is 0.725. The number of amides is 2. The van der Waals surface area contributed by atoms with Crippen molar-refractivity contribution in [2.45, 2.75) is 25.9 Å². The first-order chi connectivity index (χ1) is 14.1. The van der Waals surface area contributed by atoms with Crippen molar-refractivity contribution in [1.29, 1.82) is 0 Å². The maximum absolute atomic E-state index is 12.6. The molecule has 0 radical (unpaired) electrons. The summed E-state index contributed by atoms with van der Waals surface area (Å²) >= 11 is 0. The van der Waals surface area contributed by atoms with Gasteiger partial charge in [0.15, 0.2) is 0 Å². The van der Waals surface area contributed by atoms with Crippen LogP contribution in [0.1, 0.15) is 18.9 Å². The molecule has 2 amide bonds. The summed E-state index contributed by atoms with van der Waals surface area (Å²) in [7, 11) is 0. The molecule has 3 heterocycles. The fraction of sp³-hybridized carbons (Fsp3) is 0.273. The Balaban J connectivity index is 1.51. The molecule has 0 unspecified atom stereocenters. The highest BCUT2D eigenvalue weighted by molar-refractivity contribution is 6.16. The molecule has 1 saturated heterocycles. The number of fused-ring (bicyclic) bond motifs is 2. The lowest BCUT2D eigenvalue weighted by Crippen LogP contribution is -2.32. The van der Waals surface area contributed by atoms with Gasteiger partial charge in [-0.05, 0) is 29.8 Å². The number of imidazole rings is 1. The summed E-state index contributed by atoms with van der Waals surface area (Å²) < 4.78 is 6.23. The molecule has 0 aliphatic carbocycles. The van der Waals surface area contributed by atoms with E-state index < -0.39 is 0 Å². The van der Waals surface area contributed by atoms with Gasteiger partial charge in [-0.25, -0.2) is 9.98 Å². The fourth-order valence-electron chi connectivity index (χ4n) is 4.05. The Hall–Kier alpha value is -3.48. The summed E-state index contributed by atoms with van der Waals surface area (Å²) in [6.07, 6.45) is 2.82. The van der Waals surface area contributed by atoms with Gasteiger partial charge in [0.2, 0.25) is 5.91 Å². The van der Waals surface area contributed by atoms with Crippen LogP contribution in [-0.2, 0) is 16.0 Å². The molecule has 2 aromatic carbocycles. The number of nitrogens with one attached hydrogen (secondary N) is 1. The maximum atomic E-state index is 12.6. The van der Waals surface area contributed by atoms with E-state index in [9.17, 15) is 9.59 Å². The van der Waals surface area contributed by atoms with E-state index in [0.717, 1.165) is 28.2 Å². The number of aromatic nitrogens is 2. The van der Waals surface area contributed by atoms with Gasteiger partial charge in [-0.15, -0.1) is 0 Å². The predicted molar refractivity (Wildman–Crippen MR) is 107 cm³/mol. The van der Waals surface area contributed by atoms with Crippen LogP contribution in [0.3, 0.4) is 0 Å². The lowest BCUT2D eigenvalue weighted by molar-refractivity contribution is -0.128. The van der Waals surface area contributed by atoms with Gasteiger partial charge in [-0.3, -0.25) is 9.59 Å². The number of ether oxygens (including phenoxy) is 1. The molecule has 2 aliphatic heterocycles. The van der Waals surface area contributed by atoms with E-state index in [2.05, 4.69) is 15.0 Å². The molecule has 1 aromatic heterocycles. The van der Waals surface area contributed by atoms with Crippen molar-refractivity contribution in [3.8, 4) is 5.75 Å². The molecule has 3 aromatic rings. The van der Waals surface area contributed by atoms with E-state index >= 15 is 0 Å². The lowest BCUT2D eigenvalue weighted by atomic mass is 10.0. The average Bonchev–Trinajstić information content (AvgIpc) is 3.41. The highest BCUT2D eigenvalue weighted by Crippen LogP contribution is 2.20. The molecule has 0 spiro atoms. The fourth-order valence-corrected chi connectivity index (χ4v) is 4.05. The first kappa shape index (κ1) is 17.6. The normalized spacial score (nSPS) is 18.2. The highest BCUT2D eigenvalue weighted by Gasteiger charge is 2.27. The van der Waals surface area contributed by atoms with Crippen LogP contribution in [0, 0.1) is 0 Å². The third-order valence-electron chi connectivity index (χ3n) is 5.54. The molecular formula is C22H20N4O3. The minimum Gasteiger partial charge on any atom is -0.488 e. The number of carbonyl (C=O) groups is 2. The van der Waals surface area contributed by atoms with Crippen LogP contribution < -0.4 is 15.3 Å². The van der Waals surface area contributed by atoms with E-state index in [4.69, 9.17) is 4.74 Å². The van der Waals surface area contributed by atoms with Gasteiger partial charge in [0.1, 0.15) is 11.9 Å². The van der Waals surface area contributed by atoms with Crippen molar-refractivity contribution in [3.63, 3.8) is 0 Å². The van der Waals surface area contributed by atoms with Gasteiger partial charge in [0, 0.05) is 31.9 Å². The number of benzene rings is 2. The van der Waals surface area contributed by atoms with Crippen LogP contribution in [0.5, 0.6) is 5.75 Å². The number of likely N-dealkylation sites (tertiary alicyclic amines) is 1. The van der Waals surface area contributed by atoms with Crippen molar-refractivity contribution in [1.82, 2.24) is 14.9 Å². The van der Waals surface area contributed by atoms with Gasteiger partial charge in [0.05, 0.1) is 34.5 Å². The smallest absolute Gasteiger partial charge is 0.274 e. The van der Waals surface area contributed by atoms with Crippen LogP contribution in [0.25, 0.3) is 16.6 Å². The summed E-state index contributed by atoms with van der Waals surface area (Å²) in [5.41, 5.74) is 3.47. The first-order valence-electron chi connectivity index (χ1n) is 9.68. The second-order valence-corrected chi connectivity index (χ2v) is 7.47. The number of H-pyrrole nitrogens is 1. The summed E-state index contributed by atoms with van der Waals surface area (Å²) in [6.45, 7) is 2.83. The molecule has 146 valence electrons. The Morgan fingerprint density at radius 2 is 2.21 bits per heavy atom. The molecule has 0 bridgehead atoms. The zero-order valence-corrected chi connectivity index (χ0v) is 16.0. The van der Waals surface area contributed by atoms with E-state index in [-0.39, 0.29) is 17.9 Å². The van der Waals surface area contributed by atoms with Gasteiger partial charge < -0.3 is 14.6 Å². The van der Waals surface area contributed by atoms with Crippen LogP contribution in [0.4, 0.5) is 0 Å². The Labute approximate surface area is 166 Å². The number of hydrogen-bond donors (Lipinski definition) is 1. The summed E-state index contributed by atoms with van der Waals surface area (Å²) in [4.78, 5) is 37.6. The van der Waals surface area contributed by atoms with Crippen LogP contribution in [-0.4, -0.2) is 45.9 Å². The van der Waals surface area contributed by atoms with E-state index in [1.807, 2.05) is 36.4 Å². The molecule has 7 nitrogen and oxygen atoms in total. The second-order valence-electron chi connectivity index (χ2n) is 7.47. The summed E-state index contributed by atoms with van der Waals surface area (Å²) in [6, 6.07) is 11.5.